The first-order valence-electron chi connectivity index (χ1n) is 13.0. The van der Waals surface area contributed by atoms with Gasteiger partial charge in [-0.05, 0) is 50.8 Å². The van der Waals surface area contributed by atoms with E-state index in [0.29, 0.717) is 11.4 Å². The van der Waals surface area contributed by atoms with E-state index in [1.54, 1.807) is 43.0 Å². The molecule has 3 atom stereocenters. The highest BCUT2D eigenvalue weighted by Crippen LogP contribution is 2.46. The third kappa shape index (κ3) is 8.89. The molecule has 5 N–H and O–H groups in total. The van der Waals surface area contributed by atoms with Crippen LogP contribution in [0.5, 0.6) is 0 Å². The summed E-state index contributed by atoms with van der Waals surface area (Å²) in [4.78, 5) is 57.7. The lowest BCUT2D eigenvalue weighted by Gasteiger charge is -2.51. The second-order valence-electron chi connectivity index (χ2n) is 11.7. The quantitative estimate of drug-likeness (QED) is 0.198. The number of piperidine rings is 1. The Labute approximate surface area is 240 Å². The predicted molar refractivity (Wildman–Crippen MR) is 148 cm³/mol. The van der Waals surface area contributed by atoms with E-state index < -0.39 is 48.6 Å². The number of likely N-dealkylation sites (tertiary alicyclic amines) is 1. The molecule has 1 aliphatic heterocycles. The zero-order valence-electron chi connectivity index (χ0n) is 23.9. The monoisotopic (exact) mass is 605 g/mol. The second-order valence-corrected chi connectivity index (χ2v) is 13.4. The van der Waals surface area contributed by atoms with Crippen LogP contribution < -0.4 is 10.6 Å². The van der Waals surface area contributed by atoms with Crippen molar-refractivity contribution >= 4 is 37.3 Å². The lowest BCUT2D eigenvalue weighted by Crippen LogP contribution is -2.61. The summed E-state index contributed by atoms with van der Waals surface area (Å²) in [5.41, 5.74) is -2.41. The molecule has 226 valence electrons. The van der Waals surface area contributed by atoms with Crippen molar-refractivity contribution in [3.05, 3.63) is 34.9 Å². The topological polar surface area (TPSA) is 175 Å². The molecule has 1 saturated heterocycles. The Bertz CT molecular complexity index is 1120. The van der Waals surface area contributed by atoms with Crippen LogP contribution in [-0.2, 0) is 29.0 Å². The molecule has 0 aromatic heterocycles. The standard InChI is InChI=1S/C26H41ClN3O9P/c1-16(2)20(29-23(33)28-14-25(6,7)38-22(32)17(3)39-40(35,36)37)21(31)30-13-12-26(34,24(4,5)15-30)18-8-10-19(27)11-9-18/h8-11,16-17,20,34H,12-15H2,1-7H3,(H2,28,29,33)(H2,35,36,37)/t17?,20-,26+/m1/s1. The Morgan fingerprint density at radius 2 is 1.73 bits per heavy atom. The van der Waals surface area contributed by atoms with Crippen molar-refractivity contribution in [2.45, 2.75) is 78.2 Å². The summed E-state index contributed by atoms with van der Waals surface area (Å²) in [7, 11) is -4.89. The van der Waals surface area contributed by atoms with E-state index in [1.165, 1.54) is 13.8 Å². The number of ether oxygens (including phenoxy) is 1. The summed E-state index contributed by atoms with van der Waals surface area (Å²) in [6.07, 6.45) is -1.23. The fourth-order valence-electron chi connectivity index (χ4n) is 4.61. The fraction of sp³-hybridized carbons (Fsp3) is 0.654. The molecule has 14 heteroatoms. The number of esters is 1. The van der Waals surface area contributed by atoms with Gasteiger partial charge in [-0.25, -0.2) is 14.2 Å². The van der Waals surface area contributed by atoms with Crippen molar-refractivity contribution in [1.29, 1.82) is 0 Å². The molecule has 0 bridgehead atoms. The molecule has 40 heavy (non-hydrogen) atoms. The van der Waals surface area contributed by atoms with Gasteiger partial charge in [-0.2, -0.15) is 0 Å². The van der Waals surface area contributed by atoms with Gasteiger partial charge in [-0.1, -0.05) is 51.4 Å². The van der Waals surface area contributed by atoms with Crippen LogP contribution in [-0.4, -0.2) is 75.1 Å². The highest BCUT2D eigenvalue weighted by molar-refractivity contribution is 7.46. The van der Waals surface area contributed by atoms with Crippen LogP contribution in [0, 0.1) is 11.3 Å². The van der Waals surface area contributed by atoms with E-state index in [0.717, 1.165) is 12.5 Å². The molecule has 1 aromatic carbocycles. The first-order chi connectivity index (χ1) is 18.2. The predicted octanol–water partition coefficient (Wildman–Crippen LogP) is 2.93. The molecule has 1 fully saturated rings. The Hall–Kier alpha value is -2.21. The molecule has 1 aromatic rings. The van der Waals surface area contributed by atoms with Crippen molar-refractivity contribution < 1.29 is 43.1 Å². The molecule has 1 aliphatic rings. The summed E-state index contributed by atoms with van der Waals surface area (Å²) in [6.45, 7) is 11.9. The number of nitrogens with zero attached hydrogens (tertiary/aromatic N) is 1. The van der Waals surface area contributed by atoms with Gasteiger partial charge in [0.25, 0.3) is 0 Å². The highest BCUT2D eigenvalue weighted by Gasteiger charge is 2.50. The number of halogens is 1. The van der Waals surface area contributed by atoms with Crippen LogP contribution in [0.3, 0.4) is 0 Å². The summed E-state index contributed by atoms with van der Waals surface area (Å²) < 4.78 is 20.5. The van der Waals surface area contributed by atoms with Crippen LogP contribution in [0.25, 0.3) is 0 Å². The molecule has 2 rings (SSSR count). The molecule has 0 spiro atoms. The third-order valence-electron chi connectivity index (χ3n) is 6.98. The van der Waals surface area contributed by atoms with Gasteiger partial charge in [-0.3, -0.25) is 9.32 Å². The number of amides is 3. The van der Waals surface area contributed by atoms with Crippen LogP contribution in [0.2, 0.25) is 5.02 Å². The van der Waals surface area contributed by atoms with Gasteiger partial charge in [0, 0.05) is 23.5 Å². The molecule has 1 unspecified atom stereocenters. The molecule has 12 nitrogen and oxygen atoms in total. The smallest absolute Gasteiger partial charge is 0.456 e. The summed E-state index contributed by atoms with van der Waals surface area (Å²) >= 11 is 6.01. The maximum Gasteiger partial charge on any atom is 0.470 e. The van der Waals surface area contributed by atoms with Crippen molar-refractivity contribution in [3.8, 4) is 0 Å². The minimum absolute atomic E-state index is 0.156. The zero-order chi connectivity index (χ0) is 30.7. The van der Waals surface area contributed by atoms with Crippen molar-refractivity contribution in [1.82, 2.24) is 15.5 Å². The highest BCUT2D eigenvalue weighted by atomic mass is 35.5. The number of hydrogen-bond acceptors (Lipinski definition) is 7. The van der Waals surface area contributed by atoms with E-state index in [1.807, 2.05) is 13.8 Å². The molecular formula is C26H41ClN3O9P. The Kier molecular flexibility index (Phi) is 10.8. The van der Waals surface area contributed by atoms with Crippen LogP contribution in [0.4, 0.5) is 4.79 Å². The summed E-state index contributed by atoms with van der Waals surface area (Å²) in [6, 6.07) is 5.49. The molecule has 0 aliphatic carbocycles. The maximum absolute atomic E-state index is 13.5. The number of carbonyl (C=O) groups is 3. The van der Waals surface area contributed by atoms with E-state index in [4.69, 9.17) is 26.1 Å². The van der Waals surface area contributed by atoms with Crippen LogP contribution in [0.15, 0.2) is 24.3 Å². The number of hydrogen-bond donors (Lipinski definition) is 5. The summed E-state index contributed by atoms with van der Waals surface area (Å²) in [5.74, 6) is -1.56. The first-order valence-corrected chi connectivity index (χ1v) is 14.9. The number of phosphoric acid groups is 1. The minimum atomic E-state index is -4.89. The van der Waals surface area contributed by atoms with Gasteiger partial charge in [0.15, 0.2) is 6.10 Å². The average molecular weight is 606 g/mol. The SMILES string of the molecule is CC(OP(=O)(O)O)C(=O)OC(C)(C)CNC(=O)N[C@@H](C(=O)N1CC[C@](O)(c2ccc(Cl)cc2)C(C)(C)C1)C(C)C. The van der Waals surface area contributed by atoms with Gasteiger partial charge in [0.2, 0.25) is 5.91 Å². The zero-order valence-corrected chi connectivity index (χ0v) is 25.6. The van der Waals surface area contributed by atoms with Gasteiger partial charge in [0.1, 0.15) is 11.6 Å². The van der Waals surface area contributed by atoms with Gasteiger partial charge in [0.05, 0.1) is 12.1 Å². The van der Waals surface area contributed by atoms with E-state index >= 15 is 0 Å². The first kappa shape index (κ1) is 34.0. The Morgan fingerprint density at radius 1 is 1.15 bits per heavy atom. The van der Waals surface area contributed by atoms with E-state index in [-0.39, 0.29) is 31.5 Å². The Balaban J connectivity index is 2.01. The Morgan fingerprint density at radius 3 is 2.23 bits per heavy atom. The average Bonchev–Trinajstić information content (AvgIpc) is 2.81. The van der Waals surface area contributed by atoms with E-state index in [2.05, 4.69) is 15.2 Å². The minimum Gasteiger partial charge on any atom is -0.456 e. The lowest BCUT2D eigenvalue weighted by molar-refractivity contribution is -0.164. The number of urea groups is 1. The van der Waals surface area contributed by atoms with Gasteiger partial charge >= 0.3 is 19.8 Å². The molecule has 1 heterocycles. The van der Waals surface area contributed by atoms with Gasteiger partial charge < -0.3 is 35.2 Å². The fourth-order valence-corrected chi connectivity index (χ4v) is 5.23. The number of benzene rings is 1. The number of rotatable bonds is 10. The maximum atomic E-state index is 13.5. The van der Waals surface area contributed by atoms with Crippen molar-refractivity contribution in [3.63, 3.8) is 0 Å². The van der Waals surface area contributed by atoms with Crippen LogP contribution in [0.1, 0.15) is 60.5 Å². The number of carbonyl (C=O) groups excluding carboxylic acids is 3. The summed E-state index contributed by atoms with van der Waals surface area (Å²) in [5, 5.41) is 17.4. The van der Waals surface area contributed by atoms with Crippen molar-refractivity contribution in [2.24, 2.45) is 11.3 Å². The van der Waals surface area contributed by atoms with Crippen molar-refractivity contribution in [2.75, 3.05) is 19.6 Å². The number of phosphoric ester groups is 1. The molecule has 3 amide bonds. The normalized spacial score (nSPS) is 20.9. The third-order valence-corrected chi connectivity index (χ3v) is 7.82. The van der Waals surface area contributed by atoms with E-state index in [9.17, 15) is 24.1 Å². The van der Waals surface area contributed by atoms with Gasteiger partial charge in [-0.15, -0.1) is 0 Å². The number of aliphatic hydroxyl groups is 1. The largest absolute Gasteiger partial charge is 0.470 e. The number of nitrogens with one attached hydrogen (secondary N) is 2. The lowest BCUT2D eigenvalue weighted by atomic mass is 9.66. The molecule has 0 saturated carbocycles. The van der Waals surface area contributed by atoms with Crippen LogP contribution >= 0.6 is 19.4 Å². The molecule has 0 radical (unpaired) electrons. The second kappa shape index (κ2) is 12.8. The molecular weight excluding hydrogens is 565 g/mol.